The summed E-state index contributed by atoms with van der Waals surface area (Å²) in [6.07, 6.45) is 4.93. The molecule has 0 saturated carbocycles. The van der Waals surface area contributed by atoms with Crippen molar-refractivity contribution in [3.63, 3.8) is 0 Å². The molecule has 0 atom stereocenters. The maximum Gasteiger partial charge on any atom is 0.249 e. The number of nitrogens with one attached hydrogen (secondary N) is 1. The second-order valence-corrected chi connectivity index (χ2v) is 6.19. The zero-order chi connectivity index (χ0) is 18.9. The zero-order valence-corrected chi connectivity index (χ0v) is 15.9. The van der Waals surface area contributed by atoms with E-state index in [4.69, 9.17) is 9.47 Å². The van der Waals surface area contributed by atoms with E-state index in [0.717, 1.165) is 12.1 Å². The van der Waals surface area contributed by atoms with Gasteiger partial charge in [0.25, 0.3) is 0 Å². The number of hydrogen-bond acceptors (Lipinski definition) is 4. The first-order valence-corrected chi connectivity index (χ1v) is 8.94. The summed E-state index contributed by atoms with van der Waals surface area (Å²) < 4.78 is 12.9. The molecule has 1 heterocycles. The highest BCUT2D eigenvalue weighted by molar-refractivity contribution is 6.01. The van der Waals surface area contributed by atoms with Crippen LogP contribution in [0.1, 0.15) is 33.3 Å². The van der Waals surface area contributed by atoms with E-state index in [1.807, 2.05) is 32.0 Å². The molecule has 1 aromatic carbocycles. The van der Waals surface area contributed by atoms with Crippen LogP contribution in [-0.2, 0) is 11.3 Å². The Morgan fingerprint density at radius 3 is 2.62 bits per heavy atom. The van der Waals surface area contributed by atoms with Gasteiger partial charge in [-0.25, -0.2) is 4.68 Å². The molecule has 0 aliphatic carbocycles. The van der Waals surface area contributed by atoms with Gasteiger partial charge in [0.2, 0.25) is 5.91 Å². The SMILES string of the molecule is CCOc1ccc(/C=C/C(=O)Nc2ccnn2CC(C)C)cc1OCC. The Balaban J connectivity index is 2.06. The lowest BCUT2D eigenvalue weighted by Crippen LogP contribution is -2.15. The summed E-state index contributed by atoms with van der Waals surface area (Å²) in [5.41, 5.74) is 0.864. The van der Waals surface area contributed by atoms with Crippen molar-refractivity contribution in [2.45, 2.75) is 34.2 Å². The van der Waals surface area contributed by atoms with Crippen LogP contribution in [0, 0.1) is 5.92 Å². The van der Waals surface area contributed by atoms with Gasteiger partial charge in [0.15, 0.2) is 11.5 Å². The van der Waals surface area contributed by atoms with Crippen LogP contribution < -0.4 is 14.8 Å². The third-order valence-corrected chi connectivity index (χ3v) is 3.50. The van der Waals surface area contributed by atoms with Gasteiger partial charge in [-0.2, -0.15) is 5.10 Å². The number of nitrogens with zero attached hydrogens (tertiary/aromatic N) is 2. The molecule has 1 aromatic heterocycles. The molecule has 0 bridgehead atoms. The summed E-state index contributed by atoms with van der Waals surface area (Å²) in [4.78, 5) is 12.2. The van der Waals surface area contributed by atoms with E-state index < -0.39 is 0 Å². The van der Waals surface area contributed by atoms with E-state index in [1.165, 1.54) is 6.08 Å². The first-order valence-electron chi connectivity index (χ1n) is 8.94. The molecule has 1 N–H and O–H groups in total. The van der Waals surface area contributed by atoms with E-state index in [2.05, 4.69) is 24.3 Å². The second kappa shape index (κ2) is 9.65. The van der Waals surface area contributed by atoms with Crippen molar-refractivity contribution in [2.24, 2.45) is 5.92 Å². The van der Waals surface area contributed by atoms with Crippen LogP contribution in [0.4, 0.5) is 5.82 Å². The van der Waals surface area contributed by atoms with Crippen molar-refractivity contribution in [3.8, 4) is 11.5 Å². The van der Waals surface area contributed by atoms with E-state index >= 15 is 0 Å². The van der Waals surface area contributed by atoms with Gasteiger partial charge in [-0.1, -0.05) is 19.9 Å². The lowest BCUT2D eigenvalue weighted by Gasteiger charge is -2.11. The highest BCUT2D eigenvalue weighted by Crippen LogP contribution is 2.29. The molecule has 6 heteroatoms. The average Bonchev–Trinajstić information content (AvgIpc) is 3.01. The maximum atomic E-state index is 12.2. The molecule has 0 unspecified atom stereocenters. The molecule has 6 nitrogen and oxygen atoms in total. The fraction of sp³-hybridized carbons (Fsp3) is 0.400. The summed E-state index contributed by atoms with van der Waals surface area (Å²) in [6, 6.07) is 7.39. The number of carbonyl (C=O) groups is 1. The Kier molecular flexibility index (Phi) is 7.26. The molecule has 0 aliphatic rings. The first kappa shape index (κ1) is 19.6. The number of anilines is 1. The van der Waals surface area contributed by atoms with Crippen LogP contribution in [0.5, 0.6) is 11.5 Å². The van der Waals surface area contributed by atoms with Gasteiger partial charge in [0.05, 0.1) is 19.4 Å². The zero-order valence-electron chi connectivity index (χ0n) is 15.9. The third-order valence-electron chi connectivity index (χ3n) is 3.50. The van der Waals surface area contributed by atoms with Gasteiger partial charge in [-0.15, -0.1) is 0 Å². The van der Waals surface area contributed by atoms with Crippen LogP contribution in [0.25, 0.3) is 6.08 Å². The molecule has 0 spiro atoms. The van der Waals surface area contributed by atoms with E-state index in [1.54, 1.807) is 23.0 Å². The maximum absolute atomic E-state index is 12.2. The average molecular weight is 357 g/mol. The normalized spacial score (nSPS) is 11.1. The van der Waals surface area contributed by atoms with Crippen molar-refractivity contribution in [1.82, 2.24) is 9.78 Å². The monoisotopic (exact) mass is 357 g/mol. The Morgan fingerprint density at radius 2 is 1.92 bits per heavy atom. The summed E-state index contributed by atoms with van der Waals surface area (Å²) in [6.45, 7) is 9.94. The molecule has 26 heavy (non-hydrogen) atoms. The van der Waals surface area contributed by atoms with Gasteiger partial charge in [0, 0.05) is 18.7 Å². The van der Waals surface area contributed by atoms with Crippen molar-refractivity contribution in [2.75, 3.05) is 18.5 Å². The summed E-state index contributed by atoms with van der Waals surface area (Å²) in [7, 11) is 0. The first-order chi connectivity index (χ1) is 12.5. The highest BCUT2D eigenvalue weighted by Gasteiger charge is 2.08. The number of aromatic nitrogens is 2. The summed E-state index contributed by atoms with van der Waals surface area (Å²) >= 11 is 0. The van der Waals surface area contributed by atoms with Crippen molar-refractivity contribution < 1.29 is 14.3 Å². The molecule has 0 aliphatic heterocycles. The van der Waals surface area contributed by atoms with Gasteiger partial charge >= 0.3 is 0 Å². The smallest absolute Gasteiger partial charge is 0.249 e. The largest absolute Gasteiger partial charge is 0.490 e. The van der Waals surface area contributed by atoms with Crippen molar-refractivity contribution >= 4 is 17.8 Å². The van der Waals surface area contributed by atoms with Crippen LogP contribution in [0.2, 0.25) is 0 Å². The van der Waals surface area contributed by atoms with Crippen LogP contribution in [0.15, 0.2) is 36.5 Å². The van der Waals surface area contributed by atoms with Crippen LogP contribution in [0.3, 0.4) is 0 Å². The van der Waals surface area contributed by atoms with Crippen LogP contribution >= 0.6 is 0 Å². The minimum absolute atomic E-state index is 0.206. The van der Waals surface area contributed by atoms with E-state index in [9.17, 15) is 4.79 Å². The number of amides is 1. The molecule has 2 aromatic rings. The van der Waals surface area contributed by atoms with Gasteiger partial charge in [-0.3, -0.25) is 4.79 Å². The lowest BCUT2D eigenvalue weighted by molar-refractivity contribution is -0.111. The predicted octanol–water partition coefficient (Wildman–Crippen LogP) is 3.99. The Morgan fingerprint density at radius 1 is 1.19 bits per heavy atom. The topological polar surface area (TPSA) is 65.4 Å². The fourth-order valence-electron chi connectivity index (χ4n) is 2.44. The number of hydrogen-bond donors (Lipinski definition) is 1. The van der Waals surface area contributed by atoms with Gasteiger partial charge < -0.3 is 14.8 Å². The quantitative estimate of drug-likeness (QED) is 0.689. The Labute approximate surface area is 154 Å². The number of rotatable bonds is 9. The second-order valence-electron chi connectivity index (χ2n) is 6.19. The minimum atomic E-state index is -0.206. The van der Waals surface area contributed by atoms with E-state index in [0.29, 0.717) is 36.4 Å². The van der Waals surface area contributed by atoms with Gasteiger partial charge in [0.1, 0.15) is 5.82 Å². The molecule has 1 amide bonds. The Bertz CT molecular complexity index is 751. The predicted molar refractivity (Wildman–Crippen MR) is 104 cm³/mol. The molecule has 0 fully saturated rings. The Hall–Kier alpha value is -2.76. The molecule has 140 valence electrons. The minimum Gasteiger partial charge on any atom is -0.490 e. The summed E-state index contributed by atoms with van der Waals surface area (Å²) in [5.74, 6) is 2.31. The highest BCUT2D eigenvalue weighted by atomic mass is 16.5. The number of ether oxygens (including phenoxy) is 2. The van der Waals surface area contributed by atoms with Crippen molar-refractivity contribution in [3.05, 3.63) is 42.1 Å². The molecule has 0 saturated heterocycles. The van der Waals surface area contributed by atoms with E-state index in [-0.39, 0.29) is 5.91 Å². The van der Waals surface area contributed by atoms with Crippen molar-refractivity contribution in [1.29, 1.82) is 0 Å². The molecular formula is C20H27N3O3. The number of carbonyl (C=O) groups excluding carboxylic acids is 1. The molecule has 0 radical (unpaired) electrons. The molecule has 2 rings (SSSR count). The van der Waals surface area contributed by atoms with Gasteiger partial charge in [-0.05, 0) is 43.5 Å². The molecular weight excluding hydrogens is 330 g/mol. The standard InChI is InChI=1S/C20H27N3O3/c1-5-25-17-9-7-16(13-18(17)26-6-2)8-10-20(24)22-19-11-12-21-23(19)14-15(3)4/h7-13,15H,5-6,14H2,1-4H3,(H,22,24)/b10-8+. The fourth-order valence-corrected chi connectivity index (χ4v) is 2.44. The van der Waals surface area contributed by atoms with Crippen LogP contribution in [-0.4, -0.2) is 28.9 Å². The summed E-state index contributed by atoms with van der Waals surface area (Å²) in [5, 5.41) is 7.09. The number of benzene rings is 1. The third kappa shape index (κ3) is 5.65. The lowest BCUT2D eigenvalue weighted by atomic mass is 10.2.